The summed E-state index contributed by atoms with van der Waals surface area (Å²) in [5.74, 6) is 1.59. The van der Waals surface area contributed by atoms with Gasteiger partial charge in [-0.25, -0.2) is 0 Å². The Hall–Kier alpha value is -0.830. The first kappa shape index (κ1) is 6.85. The summed E-state index contributed by atoms with van der Waals surface area (Å²) in [5.41, 5.74) is 5.50. The zero-order valence-corrected chi connectivity index (χ0v) is 6.36. The third-order valence-electron chi connectivity index (χ3n) is 2.19. The molecule has 0 saturated carbocycles. The Morgan fingerprint density at radius 3 is 3.36 bits per heavy atom. The van der Waals surface area contributed by atoms with Crippen molar-refractivity contribution in [1.29, 1.82) is 0 Å². The first-order valence-corrected chi connectivity index (χ1v) is 3.97. The van der Waals surface area contributed by atoms with Gasteiger partial charge in [-0.2, -0.15) is 0 Å². The molecule has 0 bridgehead atoms. The van der Waals surface area contributed by atoms with E-state index in [9.17, 15) is 0 Å². The number of dihydropyridines is 1. The third-order valence-corrected chi connectivity index (χ3v) is 2.19. The molecule has 0 spiro atoms. The maximum absolute atomic E-state index is 5.56. The van der Waals surface area contributed by atoms with E-state index in [0.717, 1.165) is 18.7 Å². The number of aliphatic imine (C=N–C) groups is 1. The Bertz CT molecular complexity index is 210. The van der Waals surface area contributed by atoms with E-state index in [1.165, 1.54) is 0 Å². The van der Waals surface area contributed by atoms with E-state index in [-0.39, 0.29) is 6.10 Å². The van der Waals surface area contributed by atoms with Crippen molar-refractivity contribution in [2.24, 2.45) is 16.6 Å². The van der Waals surface area contributed by atoms with Gasteiger partial charge in [0.05, 0.1) is 0 Å². The van der Waals surface area contributed by atoms with Crippen LogP contribution in [-0.2, 0) is 4.74 Å². The van der Waals surface area contributed by atoms with Gasteiger partial charge in [-0.05, 0) is 12.5 Å². The summed E-state index contributed by atoms with van der Waals surface area (Å²) in [5, 5.41) is 0. The van der Waals surface area contributed by atoms with E-state index in [4.69, 9.17) is 10.5 Å². The molecule has 2 heterocycles. The van der Waals surface area contributed by atoms with Gasteiger partial charge in [0, 0.05) is 25.2 Å². The molecule has 60 valence electrons. The fraction of sp³-hybridized carbons (Fsp3) is 0.625. The molecule has 0 aromatic heterocycles. The highest BCUT2D eigenvalue weighted by molar-refractivity contribution is 5.73. The van der Waals surface area contributed by atoms with E-state index in [2.05, 4.69) is 4.99 Å². The molecule has 2 rings (SSSR count). The van der Waals surface area contributed by atoms with Crippen LogP contribution in [0.4, 0.5) is 0 Å². The van der Waals surface area contributed by atoms with Crippen LogP contribution in [0.5, 0.6) is 0 Å². The Morgan fingerprint density at radius 1 is 1.73 bits per heavy atom. The van der Waals surface area contributed by atoms with Gasteiger partial charge in [-0.1, -0.05) is 0 Å². The minimum Gasteiger partial charge on any atom is -0.493 e. The number of rotatable bonds is 1. The van der Waals surface area contributed by atoms with E-state index in [0.29, 0.717) is 12.5 Å². The number of hydrogen-bond acceptors (Lipinski definition) is 3. The maximum atomic E-state index is 5.56. The van der Waals surface area contributed by atoms with Crippen LogP contribution in [0.3, 0.4) is 0 Å². The standard InChI is InChI=1S/C8H12N2O/c9-4-7-3-6-5-10-2-1-8(6)11-7/h1-2,6-7H,3-5,9H2. The first-order chi connectivity index (χ1) is 5.40. The lowest BCUT2D eigenvalue weighted by molar-refractivity contribution is 0.167. The van der Waals surface area contributed by atoms with Crippen molar-refractivity contribution >= 4 is 6.21 Å². The van der Waals surface area contributed by atoms with E-state index >= 15 is 0 Å². The summed E-state index contributed by atoms with van der Waals surface area (Å²) in [6, 6.07) is 0. The van der Waals surface area contributed by atoms with Crippen LogP contribution in [-0.4, -0.2) is 25.4 Å². The summed E-state index contributed by atoms with van der Waals surface area (Å²) in [6.07, 6.45) is 5.03. The second-order valence-electron chi connectivity index (χ2n) is 2.99. The summed E-state index contributed by atoms with van der Waals surface area (Å²) < 4.78 is 5.56. The van der Waals surface area contributed by atoms with Crippen molar-refractivity contribution in [3.63, 3.8) is 0 Å². The molecule has 0 aromatic carbocycles. The normalized spacial score (nSPS) is 34.5. The number of allylic oxidation sites excluding steroid dienone is 1. The van der Waals surface area contributed by atoms with Gasteiger partial charge in [-0.15, -0.1) is 0 Å². The van der Waals surface area contributed by atoms with Crippen LogP contribution in [0, 0.1) is 5.92 Å². The summed E-state index contributed by atoms with van der Waals surface area (Å²) in [6.45, 7) is 1.50. The van der Waals surface area contributed by atoms with Gasteiger partial charge in [0.25, 0.3) is 0 Å². The number of fused-ring (bicyclic) bond motifs is 1. The average Bonchev–Trinajstić information content (AvgIpc) is 2.46. The lowest BCUT2D eigenvalue weighted by Gasteiger charge is -2.09. The highest BCUT2D eigenvalue weighted by atomic mass is 16.5. The molecule has 1 fully saturated rings. The maximum Gasteiger partial charge on any atom is 0.111 e. The van der Waals surface area contributed by atoms with Gasteiger partial charge < -0.3 is 10.5 Å². The quantitative estimate of drug-likeness (QED) is 0.588. The summed E-state index contributed by atoms with van der Waals surface area (Å²) in [7, 11) is 0. The zero-order chi connectivity index (χ0) is 7.68. The first-order valence-electron chi connectivity index (χ1n) is 3.97. The van der Waals surface area contributed by atoms with Crippen molar-refractivity contribution in [1.82, 2.24) is 0 Å². The molecule has 0 aliphatic carbocycles. The van der Waals surface area contributed by atoms with Gasteiger partial charge >= 0.3 is 0 Å². The molecule has 3 nitrogen and oxygen atoms in total. The molecule has 0 amide bonds. The van der Waals surface area contributed by atoms with Gasteiger partial charge in [-0.3, -0.25) is 4.99 Å². The smallest absolute Gasteiger partial charge is 0.111 e. The minimum absolute atomic E-state index is 0.230. The molecule has 1 saturated heterocycles. The largest absolute Gasteiger partial charge is 0.493 e. The Labute approximate surface area is 65.9 Å². The molecular weight excluding hydrogens is 140 g/mol. The fourth-order valence-electron chi connectivity index (χ4n) is 1.57. The van der Waals surface area contributed by atoms with Crippen LogP contribution in [0.1, 0.15) is 6.42 Å². The zero-order valence-electron chi connectivity index (χ0n) is 6.36. The molecule has 11 heavy (non-hydrogen) atoms. The molecule has 2 unspecified atom stereocenters. The average molecular weight is 152 g/mol. The number of nitrogens with two attached hydrogens (primary N) is 1. The molecular formula is C8H12N2O. The van der Waals surface area contributed by atoms with Crippen LogP contribution in [0.15, 0.2) is 16.8 Å². The Balaban J connectivity index is 2.09. The van der Waals surface area contributed by atoms with E-state index in [1.807, 2.05) is 12.3 Å². The van der Waals surface area contributed by atoms with Crippen molar-refractivity contribution < 1.29 is 4.74 Å². The lowest BCUT2D eigenvalue weighted by Crippen LogP contribution is -2.18. The van der Waals surface area contributed by atoms with E-state index < -0.39 is 0 Å². The van der Waals surface area contributed by atoms with Crippen LogP contribution >= 0.6 is 0 Å². The molecule has 0 radical (unpaired) electrons. The number of ether oxygens (including phenoxy) is 1. The second-order valence-corrected chi connectivity index (χ2v) is 2.99. The van der Waals surface area contributed by atoms with Crippen molar-refractivity contribution in [2.45, 2.75) is 12.5 Å². The predicted molar refractivity (Wildman–Crippen MR) is 43.5 cm³/mol. The minimum atomic E-state index is 0.230. The second kappa shape index (κ2) is 2.66. The van der Waals surface area contributed by atoms with Crippen molar-refractivity contribution in [3.05, 3.63) is 11.8 Å². The highest BCUT2D eigenvalue weighted by Crippen LogP contribution is 2.30. The van der Waals surface area contributed by atoms with Crippen LogP contribution < -0.4 is 5.73 Å². The van der Waals surface area contributed by atoms with Crippen molar-refractivity contribution in [2.75, 3.05) is 13.1 Å². The van der Waals surface area contributed by atoms with Crippen LogP contribution in [0.2, 0.25) is 0 Å². The number of nitrogens with zero attached hydrogens (tertiary/aromatic N) is 1. The SMILES string of the molecule is NCC1CC2CN=CC=C2O1. The van der Waals surface area contributed by atoms with Crippen LogP contribution in [0.25, 0.3) is 0 Å². The van der Waals surface area contributed by atoms with Crippen molar-refractivity contribution in [3.8, 4) is 0 Å². The summed E-state index contributed by atoms with van der Waals surface area (Å²) >= 11 is 0. The monoisotopic (exact) mass is 152 g/mol. The Morgan fingerprint density at radius 2 is 2.64 bits per heavy atom. The molecule has 2 aliphatic rings. The van der Waals surface area contributed by atoms with Gasteiger partial charge in [0.15, 0.2) is 0 Å². The molecule has 0 aromatic rings. The van der Waals surface area contributed by atoms with Gasteiger partial charge in [0.1, 0.15) is 11.9 Å². The summed E-state index contributed by atoms with van der Waals surface area (Å²) in [4.78, 5) is 4.17. The highest BCUT2D eigenvalue weighted by Gasteiger charge is 2.30. The lowest BCUT2D eigenvalue weighted by atomic mass is 10.0. The molecule has 2 atom stereocenters. The topological polar surface area (TPSA) is 47.6 Å². The molecule has 2 aliphatic heterocycles. The molecule has 2 N–H and O–H groups in total. The van der Waals surface area contributed by atoms with E-state index in [1.54, 1.807) is 0 Å². The Kier molecular flexibility index (Phi) is 1.66. The predicted octanol–water partition coefficient (Wildman–Crippen LogP) is 0.318. The molecule has 3 heteroatoms. The third kappa shape index (κ3) is 1.16. The number of hydrogen-bond donors (Lipinski definition) is 1. The van der Waals surface area contributed by atoms with Gasteiger partial charge in [0.2, 0.25) is 0 Å². The fourth-order valence-corrected chi connectivity index (χ4v) is 1.57.